The van der Waals surface area contributed by atoms with Gasteiger partial charge in [0.15, 0.2) is 0 Å². The number of aromatic nitrogens is 2. The third-order valence-corrected chi connectivity index (χ3v) is 5.21. The quantitative estimate of drug-likeness (QED) is 0.333. The molecule has 0 atom stereocenters. The lowest BCUT2D eigenvalue weighted by Gasteiger charge is -2.03. The Labute approximate surface area is 160 Å². The molecule has 0 aliphatic heterocycles. The Bertz CT molecular complexity index is 1190. The lowest BCUT2D eigenvalue weighted by molar-refractivity contribution is 0.918. The summed E-state index contributed by atoms with van der Waals surface area (Å²) < 4.78 is 4.44. The van der Waals surface area contributed by atoms with Crippen LogP contribution in [-0.2, 0) is 14.1 Å². The normalized spacial score (nSPS) is 10.8. The maximum Gasteiger partial charge on any atom is 0.0488 e. The topological polar surface area (TPSA) is 9.86 Å². The van der Waals surface area contributed by atoms with Crippen molar-refractivity contribution in [3.63, 3.8) is 0 Å². The molecular formula is C25H24N2. The van der Waals surface area contributed by atoms with Crippen molar-refractivity contribution in [2.75, 3.05) is 0 Å². The molecule has 2 aromatic heterocycles. The fraction of sp³-hybridized carbons (Fsp3) is 0.120. The maximum absolute atomic E-state index is 2.24. The zero-order valence-electron chi connectivity index (χ0n) is 16.1. The standard InChI is InChI=1S/C15H13N.C10H11N/c1-16-14-10-6-5-9-13(14)11-15(16)12-7-3-2-4-8-12;1-8-7-9-5-3-4-6-10(9)11(8)2/h2-11H,1H3;3-7H,1-2H3. The molecule has 5 aromatic rings. The Kier molecular flexibility index (Phi) is 4.55. The van der Waals surface area contributed by atoms with E-state index >= 15 is 0 Å². The summed E-state index contributed by atoms with van der Waals surface area (Å²) in [5.41, 5.74) is 6.43. The van der Waals surface area contributed by atoms with Gasteiger partial charge in [-0.1, -0.05) is 66.7 Å². The Morgan fingerprint density at radius 1 is 0.556 bits per heavy atom. The summed E-state index contributed by atoms with van der Waals surface area (Å²) in [6, 6.07) is 31.8. The fourth-order valence-electron chi connectivity index (χ4n) is 3.60. The van der Waals surface area contributed by atoms with Gasteiger partial charge in [-0.3, -0.25) is 0 Å². The van der Waals surface area contributed by atoms with E-state index in [0.717, 1.165) is 0 Å². The summed E-state index contributed by atoms with van der Waals surface area (Å²) >= 11 is 0. The van der Waals surface area contributed by atoms with Crippen LogP contribution in [-0.4, -0.2) is 9.13 Å². The van der Waals surface area contributed by atoms with Gasteiger partial charge in [0.2, 0.25) is 0 Å². The van der Waals surface area contributed by atoms with Gasteiger partial charge in [-0.05, 0) is 42.1 Å². The van der Waals surface area contributed by atoms with Gasteiger partial charge in [0, 0.05) is 41.9 Å². The molecule has 134 valence electrons. The van der Waals surface area contributed by atoms with E-state index in [4.69, 9.17) is 0 Å². The molecular weight excluding hydrogens is 328 g/mol. The number of fused-ring (bicyclic) bond motifs is 2. The molecule has 2 heterocycles. The predicted molar refractivity (Wildman–Crippen MR) is 116 cm³/mol. The van der Waals surface area contributed by atoms with Crippen LogP contribution in [0.4, 0.5) is 0 Å². The first-order chi connectivity index (χ1) is 13.1. The van der Waals surface area contributed by atoms with Crippen LogP contribution in [0.2, 0.25) is 0 Å². The molecule has 0 spiro atoms. The molecule has 0 unspecified atom stereocenters. The molecule has 2 nitrogen and oxygen atoms in total. The number of hydrogen-bond donors (Lipinski definition) is 0. The average Bonchev–Trinajstić information content (AvgIpc) is 3.20. The van der Waals surface area contributed by atoms with Crippen LogP contribution in [0.5, 0.6) is 0 Å². The van der Waals surface area contributed by atoms with E-state index in [1.54, 1.807) is 0 Å². The van der Waals surface area contributed by atoms with Crippen molar-refractivity contribution in [2.45, 2.75) is 6.92 Å². The number of rotatable bonds is 1. The second kappa shape index (κ2) is 7.16. The largest absolute Gasteiger partial charge is 0.348 e. The molecule has 2 heteroatoms. The van der Waals surface area contributed by atoms with E-state index in [2.05, 4.69) is 115 Å². The number of para-hydroxylation sites is 2. The van der Waals surface area contributed by atoms with E-state index in [1.165, 1.54) is 38.8 Å². The first kappa shape index (κ1) is 17.2. The third-order valence-electron chi connectivity index (χ3n) is 5.21. The SMILES string of the molecule is Cc1cc2ccccc2n1C.Cn1c(-c2ccccc2)cc2ccccc21. The number of nitrogens with zero attached hydrogens (tertiary/aromatic N) is 2. The first-order valence-electron chi connectivity index (χ1n) is 9.26. The van der Waals surface area contributed by atoms with Gasteiger partial charge in [0.25, 0.3) is 0 Å². The summed E-state index contributed by atoms with van der Waals surface area (Å²) in [7, 11) is 4.21. The highest BCUT2D eigenvalue weighted by molar-refractivity contribution is 5.86. The van der Waals surface area contributed by atoms with Gasteiger partial charge < -0.3 is 9.13 Å². The number of benzene rings is 3. The van der Waals surface area contributed by atoms with Gasteiger partial charge in [-0.2, -0.15) is 0 Å². The Morgan fingerprint density at radius 3 is 1.67 bits per heavy atom. The average molecular weight is 352 g/mol. The predicted octanol–water partition coefficient (Wildman–Crippen LogP) is 6.33. The smallest absolute Gasteiger partial charge is 0.0488 e. The second-order valence-electron chi connectivity index (χ2n) is 6.92. The summed E-state index contributed by atoms with van der Waals surface area (Å²) in [4.78, 5) is 0. The third kappa shape index (κ3) is 3.26. The minimum Gasteiger partial charge on any atom is -0.348 e. The molecule has 0 amide bonds. The molecule has 3 aromatic carbocycles. The minimum atomic E-state index is 1.27. The highest BCUT2D eigenvalue weighted by atomic mass is 14.9. The summed E-state index contributed by atoms with van der Waals surface area (Å²) in [6.07, 6.45) is 0. The van der Waals surface area contributed by atoms with Crippen molar-refractivity contribution in [1.29, 1.82) is 0 Å². The van der Waals surface area contributed by atoms with E-state index < -0.39 is 0 Å². The molecule has 0 saturated carbocycles. The van der Waals surface area contributed by atoms with Crippen LogP contribution in [0.25, 0.3) is 33.1 Å². The molecule has 0 saturated heterocycles. The fourth-order valence-corrected chi connectivity index (χ4v) is 3.60. The Morgan fingerprint density at radius 2 is 1.07 bits per heavy atom. The number of aryl methyl sites for hydroxylation is 3. The number of hydrogen-bond acceptors (Lipinski definition) is 0. The highest BCUT2D eigenvalue weighted by Crippen LogP contribution is 2.26. The molecule has 5 rings (SSSR count). The van der Waals surface area contributed by atoms with Crippen molar-refractivity contribution in [3.05, 3.63) is 96.7 Å². The summed E-state index contributed by atoms with van der Waals surface area (Å²) in [6.45, 7) is 2.12. The van der Waals surface area contributed by atoms with Crippen molar-refractivity contribution in [3.8, 4) is 11.3 Å². The van der Waals surface area contributed by atoms with Crippen LogP contribution in [0.3, 0.4) is 0 Å². The van der Waals surface area contributed by atoms with Gasteiger partial charge in [-0.15, -0.1) is 0 Å². The zero-order chi connectivity index (χ0) is 18.8. The van der Waals surface area contributed by atoms with Crippen LogP contribution < -0.4 is 0 Å². The van der Waals surface area contributed by atoms with Crippen molar-refractivity contribution < 1.29 is 0 Å². The van der Waals surface area contributed by atoms with Gasteiger partial charge in [0.05, 0.1) is 0 Å². The summed E-state index contributed by atoms with van der Waals surface area (Å²) in [5.74, 6) is 0. The van der Waals surface area contributed by atoms with Crippen molar-refractivity contribution in [2.24, 2.45) is 14.1 Å². The second-order valence-corrected chi connectivity index (χ2v) is 6.92. The van der Waals surface area contributed by atoms with E-state index in [-0.39, 0.29) is 0 Å². The molecule has 0 aliphatic rings. The molecule has 27 heavy (non-hydrogen) atoms. The van der Waals surface area contributed by atoms with Crippen molar-refractivity contribution in [1.82, 2.24) is 9.13 Å². The van der Waals surface area contributed by atoms with E-state index in [1.807, 2.05) is 6.07 Å². The minimum absolute atomic E-state index is 1.27. The monoisotopic (exact) mass is 352 g/mol. The Hall–Kier alpha value is -3.26. The molecule has 0 radical (unpaired) electrons. The van der Waals surface area contributed by atoms with Gasteiger partial charge in [0.1, 0.15) is 0 Å². The zero-order valence-corrected chi connectivity index (χ0v) is 16.1. The van der Waals surface area contributed by atoms with Crippen LogP contribution >= 0.6 is 0 Å². The van der Waals surface area contributed by atoms with Gasteiger partial charge in [-0.25, -0.2) is 0 Å². The molecule has 0 N–H and O–H groups in total. The van der Waals surface area contributed by atoms with Crippen LogP contribution in [0.15, 0.2) is 91.0 Å². The molecule has 0 fully saturated rings. The molecule has 0 aliphatic carbocycles. The van der Waals surface area contributed by atoms with Crippen LogP contribution in [0.1, 0.15) is 5.69 Å². The van der Waals surface area contributed by atoms with E-state index in [0.29, 0.717) is 0 Å². The maximum atomic E-state index is 2.24. The lowest BCUT2D eigenvalue weighted by Crippen LogP contribution is -1.90. The van der Waals surface area contributed by atoms with Crippen molar-refractivity contribution >= 4 is 21.8 Å². The first-order valence-corrected chi connectivity index (χ1v) is 9.26. The lowest BCUT2D eigenvalue weighted by atomic mass is 10.1. The highest BCUT2D eigenvalue weighted by Gasteiger charge is 2.06. The van der Waals surface area contributed by atoms with E-state index in [9.17, 15) is 0 Å². The van der Waals surface area contributed by atoms with Gasteiger partial charge >= 0.3 is 0 Å². The molecule has 0 bridgehead atoms. The summed E-state index contributed by atoms with van der Waals surface area (Å²) in [5, 5.41) is 2.62. The Balaban J connectivity index is 0.000000143. The van der Waals surface area contributed by atoms with Crippen LogP contribution in [0, 0.1) is 6.92 Å².